The number of nitrogens with one attached hydrogen (secondary N) is 1. The van der Waals surface area contributed by atoms with Crippen LogP contribution < -0.4 is 10.9 Å². The lowest BCUT2D eigenvalue weighted by Crippen LogP contribution is -2.26. The maximum atomic E-state index is 12.6. The van der Waals surface area contributed by atoms with Gasteiger partial charge in [0, 0.05) is 17.7 Å². The second-order valence-corrected chi connectivity index (χ2v) is 8.59. The number of anilines is 1. The van der Waals surface area contributed by atoms with E-state index >= 15 is 0 Å². The third-order valence-corrected chi connectivity index (χ3v) is 6.02. The van der Waals surface area contributed by atoms with E-state index in [0.29, 0.717) is 5.13 Å². The smallest absolute Gasteiger partial charge is 0.285 e. The van der Waals surface area contributed by atoms with E-state index in [1.807, 2.05) is 62.4 Å². The molecule has 4 rings (SSSR count). The van der Waals surface area contributed by atoms with E-state index in [9.17, 15) is 19.7 Å². The molecule has 2 aromatic heterocycles. The van der Waals surface area contributed by atoms with Crippen molar-refractivity contribution in [3.8, 4) is 21.7 Å². The molecule has 1 amide bonds. The summed E-state index contributed by atoms with van der Waals surface area (Å²) in [5.41, 5.74) is 4.13. The Bertz CT molecular complexity index is 1330. The average molecular weight is 461 g/mol. The molecule has 4 aromatic rings. The SMILES string of the molecule is Cc1ccc(-c2nc(NC(=O)Cn3cc([N+](=O)[O-])ccc3=O)sc2-c2ccc(C)cc2)cc1. The van der Waals surface area contributed by atoms with Crippen LogP contribution in [0.2, 0.25) is 0 Å². The van der Waals surface area contributed by atoms with Crippen molar-refractivity contribution < 1.29 is 9.72 Å². The molecule has 9 heteroatoms. The summed E-state index contributed by atoms with van der Waals surface area (Å²) in [6, 6.07) is 18.2. The average Bonchev–Trinajstić information content (AvgIpc) is 3.19. The number of thiazole rings is 1. The molecule has 0 aliphatic rings. The van der Waals surface area contributed by atoms with Gasteiger partial charge in [0.05, 0.1) is 21.7 Å². The van der Waals surface area contributed by atoms with Gasteiger partial charge in [-0.3, -0.25) is 24.3 Å². The van der Waals surface area contributed by atoms with Gasteiger partial charge >= 0.3 is 0 Å². The topological polar surface area (TPSA) is 107 Å². The quantitative estimate of drug-likeness (QED) is 0.328. The lowest BCUT2D eigenvalue weighted by atomic mass is 10.0. The Morgan fingerprint density at radius 2 is 1.61 bits per heavy atom. The van der Waals surface area contributed by atoms with Gasteiger partial charge in [-0.2, -0.15) is 0 Å². The molecule has 0 spiro atoms. The molecule has 0 saturated carbocycles. The van der Waals surface area contributed by atoms with Crippen LogP contribution in [-0.2, 0) is 11.3 Å². The van der Waals surface area contributed by atoms with E-state index in [1.165, 1.54) is 11.3 Å². The summed E-state index contributed by atoms with van der Waals surface area (Å²) >= 11 is 1.33. The molecule has 2 heterocycles. The fraction of sp³-hybridized carbons (Fsp3) is 0.125. The maximum absolute atomic E-state index is 12.6. The van der Waals surface area contributed by atoms with Crippen molar-refractivity contribution in [2.24, 2.45) is 0 Å². The second kappa shape index (κ2) is 9.17. The number of benzene rings is 2. The van der Waals surface area contributed by atoms with Crippen LogP contribution in [0.3, 0.4) is 0 Å². The minimum absolute atomic E-state index is 0.264. The van der Waals surface area contributed by atoms with Crippen LogP contribution in [0.1, 0.15) is 11.1 Å². The number of aryl methyl sites for hydroxylation is 2. The van der Waals surface area contributed by atoms with Crippen molar-refractivity contribution in [1.82, 2.24) is 9.55 Å². The number of amides is 1. The summed E-state index contributed by atoms with van der Waals surface area (Å²) in [7, 11) is 0. The number of carbonyl (C=O) groups excluding carboxylic acids is 1. The van der Waals surface area contributed by atoms with Crippen LogP contribution in [0.25, 0.3) is 21.7 Å². The highest BCUT2D eigenvalue weighted by molar-refractivity contribution is 7.19. The maximum Gasteiger partial charge on any atom is 0.285 e. The fourth-order valence-electron chi connectivity index (χ4n) is 3.25. The van der Waals surface area contributed by atoms with Crippen molar-refractivity contribution in [3.63, 3.8) is 0 Å². The van der Waals surface area contributed by atoms with E-state index in [0.717, 1.165) is 55.7 Å². The Labute approximate surface area is 193 Å². The van der Waals surface area contributed by atoms with E-state index < -0.39 is 16.4 Å². The van der Waals surface area contributed by atoms with Crippen molar-refractivity contribution in [2.75, 3.05) is 5.32 Å². The van der Waals surface area contributed by atoms with Crippen LogP contribution in [0.15, 0.2) is 71.7 Å². The monoisotopic (exact) mass is 460 g/mol. The Kier molecular flexibility index (Phi) is 6.14. The lowest BCUT2D eigenvalue weighted by molar-refractivity contribution is -0.385. The molecule has 0 aliphatic carbocycles. The standard InChI is InChI=1S/C24H20N4O4S/c1-15-3-7-17(8-4-15)22-23(18-9-5-16(2)6-10-18)33-24(26-22)25-20(29)14-27-13-19(28(31)32)11-12-21(27)30/h3-13H,14H2,1-2H3,(H,25,26,29). The van der Waals surface area contributed by atoms with Crippen LogP contribution in [-0.4, -0.2) is 20.4 Å². The molecule has 0 saturated heterocycles. The third kappa shape index (κ3) is 5.04. The molecular formula is C24H20N4O4S. The fourth-order valence-corrected chi connectivity index (χ4v) is 4.25. The molecule has 33 heavy (non-hydrogen) atoms. The Morgan fingerprint density at radius 1 is 1.00 bits per heavy atom. The van der Waals surface area contributed by atoms with Crippen LogP contribution >= 0.6 is 11.3 Å². The number of rotatable bonds is 6. The molecule has 0 atom stereocenters. The first kappa shape index (κ1) is 22.1. The van der Waals surface area contributed by atoms with Gasteiger partial charge in [-0.15, -0.1) is 0 Å². The first-order valence-corrected chi connectivity index (χ1v) is 10.9. The van der Waals surface area contributed by atoms with E-state index in [2.05, 4.69) is 10.3 Å². The molecule has 8 nitrogen and oxygen atoms in total. The summed E-state index contributed by atoms with van der Waals surface area (Å²) in [5.74, 6) is -0.503. The second-order valence-electron chi connectivity index (χ2n) is 7.59. The predicted octanol–water partition coefficient (Wildman–Crippen LogP) is 4.80. The number of carbonyl (C=O) groups is 1. The summed E-state index contributed by atoms with van der Waals surface area (Å²) in [5, 5.41) is 14.1. The zero-order valence-electron chi connectivity index (χ0n) is 17.9. The number of nitrogens with zero attached hydrogens (tertiary/aromatic N) is 3. The van der Waals surface area contributed by atoms with Gasteiger partial charge < -0.3 is 5.32 Å². The molecule has 166 valence electrons. The van der Waals surface area contributed by atoms with Gasteiger partial charge in [0.1, 0.15) is 6.54 Å². The molecule has 2 aromatic carbocycles. The van der Waals surface area contributed by atoms with E-state index in [4.69, 9.17) is 0 Å². The highest BCUT2D eigenvalue weighted by atomic mass is 32.1. The molecule has 0 bridgehead atoms. The van der Waals surface area contributed by atoms with Crippen molar-refractivity contribution >= 4 is 28.1 Å². The lowest BCUT2D eigenvalue weighted by Gasteiger charge is -2.05. The number of aromatic nitrogens is 2. The number of hydrogen-bond donors (Lipinski definition) is 1. The molecule has 0 radical (unpaired) electrons. The Morgan fingerprint density at radius 3 is 2.21 bits per heavy atom. The van der Waals surface area contributed by atoms with E-state index in [-0.39, 0.29) is 12.2 Å². The molecule has 1 N–H and O–H groups in total. The zero-order valence-corrected chi connectivity index (χ0v) is 18.8. The summed E-state index contributed by atoms with van der Waals surface area (Å²) in [6.45, 7) is 3.66. The van der Waals surface area contributed by atoms with Crippen molar-refractivity contribution in [2.45, 2.75) is 20.4 Å². The molecule has 0 unspecified atom stereocenters. The van der Waals surface area contributed by atoms with Gasteiger partial charge in [0.15, 0.2) is 5.13 Å². The molecule has 0 aliphatic heterocycles. The number of pyridine rings is 1. The van der Waals surface area contributed by atoms with Gasteiger partial charge in [0.25, 0.3) is 11.2 Å². The van der Waals surface area contributed by atoms with Crippen LogP contribution in [0, 0.1) is 24.0 Å². The summed E-state index contributed by atoms with van der Waals surface area (Å²) in [4.78, 5) is 40.6. The largest absolute Gasteiger partial charge is 0.300 e. The van der Waals surface area contributed by atoms with Crippen LogP contribution in [0.5, 0.6) is 0 Å². The van der Waals surface area contributed by atoms with Gasteiger partial charge in [-0.1, -0.05) is 71.0 Å². The normalized spacial score (nSPS) is 10.7. The first-order valence-electron chi connectivity index (χ1n) is 10.1. The summed E-state index contributed by atoms with van der Waals surface area (Å²) in [6.07, 6.45) is 1.05. The highest BCUT2D eigenvalue weighted by Crippen LogP contribution is 2.39. The summed E-state index contributed by atoms with van der Waals surface area (Å²) < 4.78 is 1.00. The zero-order chi connectivity index (χ0) is 23.5. The minimum Gasteiger partial charge on any atom is -0.300 e. The van der Waals surface area contributed by atoms with Crippen molar-refractivity contribution in [1.29, 1.82) is 0 Å². The third-order valence-electron chi connectivity index (χ3n) is 5.00. The molecule has 0 fully saturated rings. The molecular weight excluding hydrogens is 440 g/mol. The number of hydrogen-bond acceptors (Lipinski definition) is 6. The van der Waals surface area contributed by atoms with Crippen molar-refractivity contribution in [3.05, 3.63) is 98.5 Å². The Hall–Kier alpha value is -4.11. The van der Waals surface area contributed by atoms with Crippen LogP contribution in [0.4, 0.5) is 10.8 Å². The van der Waals surface area contributed by atoms with Gasteiger partial charge in [-0.25, -0.2) is 4.98 Å². The van der Waals surface area contributed by atoms with E-state index in [1.54, 1.807) is 0 Å². The Balaban J connectivity index is 1.65. The first-order chi connectivity index (χ1) is 15.8. The predicted molar refractivity (Wildman–Crippen MR) is 128 cm³/mol. The minimum atomic E-state index is -0.615. The highest BCUT2D eigenvalue weighted by Gasteiger charge is 2.17. The van der Waals surface area contributed by atoms with Gasteiger partial charge in [-0.05, 0) is 19.4 Å². The number of nitro groups is 1. The van der Waals surface area contributed by atoms with Gasteiger partial charge in [0.2, 0.25) is 5.91 Å².